The number of nitrogens with zero attached hydrogens (tertiary/aromatic N) is 4. The second kappa shape index (κ2) is 12.8. The van der Waals surface area contributed by atoms with E-state index in [1.54, 1.807) is 30.8 Å². The van der Waals surface area contributed by atoms with E-state index < -0.39 is 0 Å². The highest BCUT2D eigenvalue weighted by atomic mass is 127. The topological polar surface area (TPSA) is 83.8 Å². The van der Waals surface area contributed by atoms with Gasteiger partial charge in [-0.3, -0.25) is 4.79 Å². The van der Waals surface area contributed by atoms with Crippen LogP contribution in [0.3, 0.4) is 0 Å². The molecule has 26 heavy (non-hydrogen) atoms. The Labute approximate surface area is 173 Å². The molecule has 2 N–H and O–H groups in total. The highest BCUT2D eigenvalue weighted by molar-refractivity contribution is 14.0. The lowest BCUT2D eigenvalue weighted by Gasteiger charge is -2.15. The molecule has 0 radical (unpaired) electrons. The number of likely N-dealkylation sites (N-methyl/N-ethyl adjacent to an activating group) is 1. The number of rotatable bonds is 9. The number of methoxy groups -OCH3 is 1. The lowest BCUT2D eigenvalue weighted by Crippen LogP contribution is -2.43. The average molecular weight is 480 g/mol. The smallest absolute Gasteiger partial charge is 0.241 e. The van der Waals surface area contributed by atoms with Crippen molar-refractivity contribution in [3.63, 3.8) is 0 Å². The average Bonchev–Trinajstić information content (AvgIpc) is 2.91. The summed E-state index contributed by atoms with van der Waals surface area (Å²) in [6.45, 7) is 5.65. The summed E-state index contributed by atoms with van der Waals surface area (Å²) in [5, 5.41) is 10.8. The van der Waals surface area contributed by atoms with E-state index in [9.17, 15) is 4.79 Å². The third-order valence-electron chi connectivity index (χ3n) is 3.82. The normalized spacial score (nSPS) is 10.9. The molecule has 1 rings (SSSR count). The number of nitrogens with one attached hydrogen (secondary N) is 2. The molecule has 0 fully saturated rings. The van der Waals surface area contributed by atoms with E-state index in [1.165, 1.54) is 0 Å². The number of hydrogen-bond acceptors (Lipinski definition) is 4. The minimum atomic E-state index is -0.00167. The van der Waals surface area contributed by atoms with E-state index in [2.05, 4.69) is 34.6 Å². The van der Waals surface area contributed by atoms with Gasteiger partial charge in [0.05, 0.1) is 31.5 Å². The van der Waals surface area contributed by atoms with Crippen molar-refractivity contribution in [3.8, 4) is 5.88 Å². The van der Waals surface area contributed by atoms with Crippen LogP contribution in [0.25, 0.3) is 0 Å². The second-order valence-electron chi connectivity index (χ2n) is 6.00. The van der Waals surface area contributed by atoms with Crippen LogP contribution in [-0.2, 0) is 24.8 Å². The lowest BCUT2D eigenvalue weighted by atomic mass is 10.2. The van der Waals surface area contributed by atoms with Gasteiger partial charge in [0.1, 0.15) is 0 Å². The maximum absolute atomic E-state index is 11.8. The van der Waals surface area contributed by atoms with Gasteiger partial charge in [0.25, 0.3) is 0 Å². The number of halogens is 1. The number of unbranched alkanes of at least 4 members (excludes halogenated alkanes) is 1. The first-order valence-corrected chi connectivity index (χ1v) is 8.75. The van der Waals surface area contributed by atoms with Crippen LogP contribution in [0.1, 0.15) is 37.9 Å². The van der Waals surface area contributed by atoms with Gasteiger partial charge in [-0.15, -0.1) is 24.0 Å². The minimum Gasteiger partial charge on any atom is -0.481 e. The SMILES string of the molecule is CCCCNC(=NCc1c(CC)nn(C)c1OC)NCC(=O)N(C)C.I. The largest absolute Gasteiger partial charge is 0.481 e. The molecule has 0 saturated carbocycles. The molecule has 0 atom stereocenters. The van der Waals surface area contributed by atoms with Gasteiger partial charge in [0.15, 0.2) is 5.96 Å². The van der Waals surface area contributed by atoms with E-state index in [4.69, 9.17) is 4.74 Å². The molecule has 0 aliphatic rings. The lowest BCUT2D eigenvalue weighted by molar-refractivity contribution is -0.127. The van der Waals surface area contributed by atoms with E-state index >= 15 is 0 Å². The Balaban J connectivity index is 0.00000625. The van der Waals surface area contributed by atoms with Crippen LogP contribution < -0.4 is 15.4 Å². The van der Waals surface area contributed by atoms with Gasteiger partial charge in [-0.2, -0.15) is 5.10 Å². The summed E-state index contributed by atoms with van der Waals surface area (Å²) in [4.78, 5) is 18.0. The molecule has 0 unspecified atom stereocenters. The molecular formula is C17H33IN6O2. The van der Waals surface area contributed by atoms with Crippen LogP contribution in [0.15, 0.2) is 4.99 Å². The molecule has 0 spiro atoms. The van der Waals surface area contributed by atoms with Gasteiger partial charge in [0, 0.05) is 27.7 Å². The Bertz CT molecular complexity index is 586. The second-order valence-corrected chi connectivity index (χ2v) is 6.00. The minimum absolute atomic E-state index is 0. The van der Waals surface area contributed by atoms with E-state index in [-0.39, 0.29) is 36.4 Å². The molecule has 0 aliphatic heterocycles. The molecular weight excluding hydrogens is 447 g/mol. The number of carbonyl (C=O) groups excluding carboxylic acids is 1. The Morgan fingerprint density at radius 2 is 2.00 bits per heavy atom. The van der Waals surface area contributed by atoms with Crippen molar-refractivity contribution in [2.75, 3.05) is 34.3 Å². The predicted molar refractivity (Wildman–Crippen MR) is 115 cm³/mol. The van der Waals surface area contributed by atoms with Gasteiger partial charge >= 0.3 is 0 Å². The van der Waals surface area contributed by atoms with Gasteiger partial charge in [-0.25, -0.2) is 9.67 Å². The van der Waals surface area contributed by atoms with Gasteiger partial charge < -0.3 is 20.3 Å². The Morgan fingerprint density at radius 1 is 1.31 bits per heavy atom. The van der Waals surface area contributed by atoms with E-state index in [0.29, 0.717) is 12.5 Å². The molecule has 1 amide bonds. The summed E-state index contributed by atoms with van der Waals surface area (Å²) < 4.78 is 7.18. The first kappa shape index (κ1) is 24.5. The molecule has 0 bridgehead atoms. The van der Waals surface area contributed by atoms with Crippen LogP contribution >= 0.6 is 24.0 Å². The fraction of sp³-hybridized carbons (Fsp3) is 0.706. The predicted octanol–water partition coefficient (Wildman–Crippen LogP) is 1.53. The molecule has 1 aromatic rings. The van der Waals surface area contributed by atoms with Crippen molar-refractivity contribution in [1.29, 1.82) is 0 Å². The monoisotopic (exact) mass is 480 g/mol. The summed E-state index contributed by atoms with van der Waals surface area (Å²) >= 11 is 0. The summed E-state index contributed by atoms with van der Waals surface area (Å²) in [6.07, 6.45) is 2.94. The maximum Gasteiger partial charge on any atom is 0.241 e. The number of guanidine groups is 1. The molecule has 0 aliphatic carbocycles. The number of aliphatic imine (C=N–C) groups is 1. The third kappa shape index (κ3) is 7.38. The van der Waals surface area contributed by atoms with Crippen molar-refractivity contribution in [2.24, 2.45) is 12.0 Å². The van der Waals surface area contributed by atoms with Crippen LogP contribution in [-0.4, -0.2) is 60.8 Å². The van der Waals surface area contributed by atoms with Crippen molar-refractivity contribution in [1.82, 2.24) is 25.3 Å². The zero-order valence-electron chi connectivity index (χ0n) is 16.8. The summed E-state index contributed by atoms with van der Waals surface area (Å²) in [6, 6.07) is 0. The first-order chi connectivity index (χ1) is 11.9. The highest BCUT2D eigenvalue weighted by Gasteiger charge is 2.15. The van der Waals surface area contributed by atoms with Crippen LogP contribution in [0.4, 0.5) is 0 Å². The summed E-state index contributed by atoms with van der Waals surface area (Å²) in [7, 11) is 6.97. The van der Waals surface area contributed by atoms with Gasteiger partial charge in [0.2, 0.25) is 11.8 Å². The maximum atomic E-state index is 11.8. The molecule has 1 heterocycles. The number of amides is 1. The Kier molecular flexibility index (Phi) is 12.0. The van der Waals surface area contributed by atoms with Crippen molar-refractivity contribution in [3.05, 3.63) is 11.3 Å². The fourth-order valence-corrected chi connectivity index (χ4v) is 2.34. The van der Waals surface area contributed by atoms with Crippen LogP contribution in [0, 0.1) is 0 Å². The molecule has 150 valence electrons. The zero-order chi connectivity index (χ0) is 18.8. The van der Waals surface area contributed by atoms with E-state index in [0.717, 1.165) is 42.9 Å². The first-order valence-electron chi connectivity index (χ1n) is 8.75. The number of hydrogen-bond donors (Lipinski definition) is 2. The van der Waals surface area contributed by atoms with Crippen LogP contribution in [0.5, 0.6) is 5.88 Å². The zero-order valence-corrected chi connectivity index (χ0v) is 19.1. The quantitative estimate of drug-likeness (QED) is 0.243. The van der Waals surface area contributed by atoms with Crippen molar-refractivity contribution in [2.45, 2.75) is 39.7 Å². The Hall–Kier alpha value is -1.52. The van der Waals surface area contributed by atoms with Crippen LogP contribution in [0.2, 0.25) is 0 Å². The molecule has 0 aromatic carbocycles. The highest BCUT2D eigenvalue weighted by Crippen LogP contribution is 2.22. The standard InChI is InChI=1S/C17H32N6O2.HI/c1-7-9-10-18-17(20-12-15(24)22(3)4)19-11-13-14(8-2)21-23(5)16(13)25-6;/h7-12H2,1-6H3,(H2,18,19,20);1H. The molecule has 0 saturated heterocycles. The summed E-state index contributed by atoms with van der Waals surface area (Å²) in [5.41, 5.74) is 1.95. The molecule has 9 heteroatoms. The summed E-state index contributed by atoms with van der Waals surface area (Å²) in [5.74, 6) is 1.34. The number of ether oxygens (including phenoxy) is 1. The van der Waals surface area contributed by atoms with Gasteiger partial charge in [-0.05, 0) is 12.8 Å². The van der Waals surface area contributed by atoms with Gasteiger partial charge in [-0.1, -0.05) is 20.3 Å². The molecule has 1 aromatic heterocycles. The van der Waals surface area contributed by atoms with Crippen molar-refractivity contribution < 1.29 is 9.53 Å². The number of aromatic nitrogens is 2. The molecule has 8 nitrogen and oxygen atoms in total. The number of aryl methyl sites for hydroxylation is 2. The number of carbonyl (C=O) groups is 1. The third-order valence-corrected chi connectivity index (χ3v) is 3.82. The fourth-order valence-electron chi connectivity index (χ4n) is 2.34. The van der Waals surface area contributed by atoms with E-state index in [1.807, 2.05) is 7.05 Å². The Morgan fingerprint density at radius 3 is 2.54 bits per heavy atom. The van der Waals surface area contributed by atoms with Crippen molar-refractivity contribution >= 4 is 35.8 Å².